The van der Waals surface area contributed by atoms with Crippen LogP contribution in [0.2, 0.25) is 0 Å². The highest BCUT2D eigenvalue weighted by Gasteiger charge is 2.23. The number of hydrogen-bond acceptors (Lipinski definition) is 4. The molecular weight excluding hydrogens is 316 g/mol. The largest absolute Gasteiger partial charge is 0.493 e. The van der Waals surface area contributed by atoms with Crippen LogP contribution in [0.5, 0.6) is 5.75 Å². The fourth-order valence-electron chi connectivity index (χ4n) is 2.46. The van der Waals surface area contributed by atoms with Gasteiger partial charge in [-0.15, -0.1) is 0 Å². The van der Waals surface area contributed by atoms with Gasteiger partial charge in [0.25, 0.3) is 0 Å². The molecule has 0 aliphatic carbocycles. The van der Waals surface area contributed by atoms with Gasteiger partial charge >= 0.3 is 0 Å². The number of hydrogen-bond donors (Lipinski definition) is 1. The zero-order chi connectivity index (χ0) is 16.5. The van der Waals surface area contributed by atoms with Crippen LogP contribution in [0.4, 0.5) is 0 Å². The topological polar surface area (TPSA) is 75.7 Å². The Morgan fingerprint density at radius 3 is 2.52 bits per heavy atom. The summed E-state index contributed by atoms with van der Waals surface area (Å²) in [7, 11) is -3.26. The first kappa shape index (κ1) is 17.7. The molecule has 1 aliphatic heterocycles. The molecule has 0 radical (unpaired) electrons. The van der Waals surface area contributed by atoms with Crippen LogP contribution >= 0.6 is 0 Å². The molecule has 0 spiro atoms. The number of rotatable bonds is 8. The van der Waals surface area contributed by atoms with Gasteiger partial charge < -0.3 is 10.1 Å². The van der Waals surface area contributed by atoms with E-state index in [-0.39, 0.29) is 31.2 Å². The highest BCUT2D eigenvalue weighted by Crippen LogP contribution is 2.13. The van der Waals surface area contributed by atoms with Gasteiger partial charge in [0.05, 0.1) is 18.8 Å². The number of carbonyl (C=O) groups is 1. The molecular formula is C16H24N2O4S. The lowest BCUT2D eigenvalue weighted by Crippen LogP contribution is -2.40. The van der Waals surface area contributed by atoms with Gasteiger partial charge in [-0.05, 0) is 25.0 Å². The third kappa shape index (κ3) is 6.19. The number of ether oxygens (including phenoxy) is 1. The number of nitrogens with zero attached hydrogens (tertiary/aromatic N) is 1. The lowest BCUT2D eigenvalue weighted by atomic mass is 10.2. The lowest BCUT2D eigenvalue weighted by molar-refractivity contribution is -0.121. The van der Waals surface area contributed by atoms with Gasteiger partial charge in [-0.2, -0.15) is 0 Å². The first-order valence-electron chi connectivity index (χ1n) is 8.00. The van der Waals surface area contributed by atoms with Crippen molar-refractivity contribution in [2.75, 3.05) is 32.0 Å². The summed E-state index contributed by atoms with van der Waals surface area (Å²) in [5.74, 6) is 0.473. The Morgan fingerprint density at radius 2 is 1.83 bits per heavy atom. The summed E-state index contributed by atoms with van der Waals surface area (Å²) in [5.41, 5.74) is 0. The fourth-order valence-corrected chi connectivity index (χ4v) is 3.89. The van der Waals surface area contributed by atoms with Crippen LogP contribution in [0.25, 0.3) is 0 Å². The summed E-state index contributed by atoms with van der Waals surface area (Å²) in [5, 5.41) is 2.64. The van der Waals surface area contributed by atoms with E-state index in [0.717, 1.165) is 19.3 Å². The van der Waals surface area contributed by atoms with Crippen molar-refractivity contribution in [3.8, 4) is 5.75 Å². The molecule has 2 rings (SSSR count). The quantitative estimate of drug-likeness (QED) is 0.776. The monoisotopic (exact) mass is 340 g/mol. The molecule has 0 saturated carbocycles. The maximum atomic E-state index is 12.1. The molecule has 0 unspecified atom stereocenters. The highest BCUT2D eigenvalue weighted by molar-refractivity contribution is 7.89. The van der Waals surface area contributed by atoms with Gasteiger partial charge in [-0.3, -0.25) is 4.79 Å². The zero-order valence-corrected chi connectivity index (χ0v) is 14.1. The Morgan fingerprint density at radius 1 is 1.13 bits per heavy atom. The van der Waals surface area contributed by atoms with Gasteiger partial charge in [-0.1, -0.05) is 24.6 Å². The van der Waals surface area contributed by atoms with Crippen molar-refractivity contribution in [2.45, 2.75) is 25.7 Å². The van der Waals surface area contributed by atoms with Crippen LogP contribution in [0.3, 0.4) is 0 Å². The molecule has 1 saturated heterocycles. The minimum atomic E-state index is -3.26. The molecule has 128 valence electrons. The average molecular weight is 340 g/mol. The van der Waals surface area contributed by atoms with E-state index in [1.807, 2.05) is 30.3 Å². The van der Waals surface area contributed by atoms with E-state index < -0.39 is 10.0 Å². The first-order valence-corrected chi connectivity index (χ1v) is 9.61. The second-order valence-corrected chi connectivity index (χ2v) is 7.63. The number of piperidine rings is 1. The number of nitrogens with one attached hydrogen (secondary N) is 1. The second-order valence-electron chi connectivity index (χ2n) is 5.54. The van der Waals surface area contributed by atoms with Crippen molar-refractivity contribution in [1.82, 2.24) is 9.62 Å². The fraction of sp³-hybridized carbons (Fsp3) is 0.562. The Labute approximate surface area is 137 Å². The molecule has 1 aliphatic rings. The van der Waals surface area contributed by atoms with Crippen molar-refractivity contribution in [1.29, 1.82) is 0 Å². The Hall–Kier alpha value is -1.60. The molecule has 6 nitrogen and oxygen atoms in total. The van der Waals surface area contributed by atoms with Crippen molar-refractivity contribution in [3.05, 3.63) is 30.3 Å². The number of carbonyl (C=O) groups excluding carboxylic acids is 1. The van der Waals surface area contributed by atoms with E-state index in [0.29, 0.717) is 18.8 Å². The SMILES string of the molecule is O=C(CCOc1ccccc1)NCCS(=O)(=O)N1CCCCC1. The minimum Gasteiger partial charge on any atom is -0.493 e. The molecule has 1 N–H and O–H groups in total. The Kier molecular flexibility index (Phi) is 6.85. The maximum Gasteiger partial charge on any atom is 0.223 e. The molecule has 7 heteroatoms. The molecule has 0 aromatic heterocycles. The average Bonchev–Trinajstić information content (AvgIpc) is 2.56. The minimum absolute atomic E-state index is 0.0434. The van der Waals surface area contributed by atoms with E-state index in [1.54, 1.807) is 0 Å². The van der Waals surface area contributed by atoms with Crippen LogP contribution in [0.15, 0.2) is 30.3 Å². The molecule has 1 aromatic carbocycles. The summed E-state index contributed by atoms with van der Waals surface area (Å²) >= 11 is 0. The predicted molar refractivity (Wildman–Crippen MR) is 88.8 cm³/mol. The molecule has 0 bridgehead atoms. The summed E-state index contributed by atoms with van der Waals surface area (Å²) in [6.45, 7) is 1.61. The summed E-state index contributed by atoms with van der Waals surface area (Å²) < 4.78 is 31.2. The van der Waals surface area contributed by atoms with E-state index >= 15 is 0 Å². The van der Waals surface area contributed by atoms with Gasteiger partial charge in [-0.25, -0.2) is 12.7 Å². The molecule has 1 aromatic rings. The standard InChI is InChI=1S/C16H24N2O4S/c19-16(9-13-22-15-7-3-1-4-8-15)17-10-14-23(20,21)18-11-5-2-6-12-18/h1,3-4,7-8H,2,5-6,9-14H2,(H,17,19). The van der Waals surface area contributed by atoms with Crippen LogP contribution < -0.4 is 10.1 Å². The van der Waals surface area contributed by atoms with Crippen molar-refractivity contribution in [3.63, 3.8) is 0 Å². The normalized spacial score (nSPS) is 16.0. The molecule has 1 heterocycles. The van der Waals surface area contributed by atoms with Crippen LogP contribution in [-0.2, 0) is 14.8 Å². The number of sulfonamides is 1. The van der Waals surface area contributed by atoms with E-state index in [4.69, 9.17) is 4.74 Å². The number of benzene rings is 1. The van der Waals surface area contributed by atoms with E-state index in [1.165, 1.54) is 4.31 Å². The van der Waals surface area contributed by atoms with Crippen molar-refractivity contribution >= 4 is 15.9 Å². The summed E-state index contributed by atoms with van der Waals surface area (Å²) in [4.78, 5) is 11.7. The third-order valence-corrected chi connectivity index (χ3v) is 5.60. The van der Waals surface area contributed by atoms with Crippen LogP contribution in [0.1, 0.15) is 25.7 Å². The summed E-state index contributed by atoms with van der Waals surface area (Å²) in [6.07, 6.45) is 3.13. The molecule has 23 heavy (non-hydrogen) atoms. The molecule has 0 atom stereocenters. The predicted octanol–water partition coefficient (Wildman–Crippen LogP) is 1.39. The highest BCUT2D eigenvalue weighted by atomic mass is 32.2. The molecule has 1 amide bonds. The van der Waals surface area contributed by atoms with E-state index in [2.05, 4.69) is 5.32 Å². The smallest absolute Gasteiger partial charge is 0.223 e. The Bertz CT molecular complexity index is 583. The van der Waals surface area contributed by atoms with Gasteiger partial charge in [0.2, 0.25) is 15.9 Å². The molecule has 1 fully saturated rings. The maximum absolute atomic E-state index is 12.1. The number of para-hydroxylation sites is 1. The third-order valence-electron chi connectivity index (χ3n) is 3.73. The van der Waals surface area contributed by atoms with Gasteiger partial charge in [0, 0.05) is 19.6 Å². The zero-order valence-electron chi connectivity index (χ0n) is 13.2. The summed E-state index contributed by atoms with van der Waals surface area (Å²) in [6, 6.07) is 9.26. The number of amides is 1. The van der Waals surface area contributed by atoms with Crippen LogP contribution in [0, 0.1) is 0 Å². The second kappa shape index (κ2) is 8.88. The lowest BCUT2D eigenvalue weighted by Gasteiger charge is -2.25. The van der Waals surface area contributed by atoms with Crippen molar-refractivity contribution in [2.24, 2.45) is 0 Å². The van der Waals surface area contributed by atoms with E-state index in [9.17, 15) is 13.2 Å². The van der Waals surface area contributed by atoms with Gasteiger partial charge in [0.1, 0.15) is 5.75 Å². The van der Waals surface area contributed by atoms with Crippen LogP contribution in [-0.4, -0.2) is 50.6 Å². The van der Waals surface area contributed by atoms with Gasteiger partial charge in [0.15, 0.2) is 0 Å². The van der Waals surface area contributed by atoms with Crippen molar-refractivity contribution < 1.29 is 17.9 Å². The Balaban J connectivity index is 1.62. The first-order chi connectivity index (χ1) is 11.1.